The van der Waals surface area contributed by atoms with E-state index in [0.29, 0.717) is 13.0 Å². The van der Waals surface area contributed by atoms with Gasteiger partial charge in [-0.3, -0.25) is 14.4 Å². The molecule has 0 aliphatic rings. The predicted molar refractivity (Wildman–Crippen MR) is 54.2 cm³/mol. The maximum Gasteiger partial charge on any atom is 0.320 e. The fraction of sp³-hybridized carbons (Fsp3) is 0.667. The summed E-state index contributed by atoms with van der Waals surface area (Å²) < 4.78 is 1.64. The Hall–Kier alpha value is -1.43. The Balaban J connectivity index is 2.66. The van der Waals surface area contributed by atoms with Crippen LogP contribution in [0.3, 0.4) is 0 Å². The second-order valence-electron chi connectivity index (χ2n) is 3.48. The van der Waals surface area contributed by atoms with Crippen molar-refractivity contribution in [3.05, 3.63) is 12.2 Å². The summed E-state index contributed by atoms with van der Waals surface area (Å²) in [6.07, 6.45) is 2.04. The molecule has 1 rings (SSSR count). The average Bonchev–Trinajstić information content (AvgIpc) is 2.52. The van der Waals surface area contributed by atoms with Crippen molar-refractivity contribution in [1.29, 1.82) is 0 Å². The van der Waals surface area contributed by atoms with Crippen LogP contribution in [-0.2, 0) is 18.4 Å². The molecule has 0 aromatic carbocycles. The third-order valence-electron chi connectivity index (χ3n) is 2.40. The van der Waals surface area contributed by atoms with E-state index in [4.69, 9.17) is 5.11 Å². The van der Waals surface area contributed by atoms with Crippen molar-refractivity contribution in [3.63, 3.8) is 0 Å². The predicted octanol–water partition coefficient (Wildman–Crippen LogP) is 0.110. The lowest BCUT2D eigenvalue weighted by Gasteiger charge is -2.22. The SMILES string of the molecule is CCC(C(=O)O)N(C)Cc1ncnn1C. The van der Waals surface area contributed by atoms with Crippen LogP contribution in [0.1, 0.15) is 19.2 Å². The summed E-state index contributed by atoms with van der Waals surface area (Å²) >= 11 is 0. The average molecular weight is 212 g/mol. The number of carboxylic acids is 1. The van der Waals surface area contributed by atoms with Crippen LogP contribution in [0, 0.1) is 0 Å². The number of carboxylic acid groups (broad SMARTS) is 1. The smallest absolute Gasteiger partial charge is 0.320 e. The molecule has 0 radical (unpaired) electrons. The number of aryl methyl sites for hydroxylation is 1. The zero-order valence-electron chi connectivity index (χ0n) is 9.21. The van der Waals surface area contributed by atoms with Gasteiger partial charge in [0, 0.05) is 7.05 Å². The Kier molecular flexibility index (Phi) is 3.79. The van der Waals surface area contributed by atoms with Crippen LogP contribution in [0.5, 0.6) is 0 Å². The highest BCUT2D eigenvalue weighted by molar-refractivity contribution is 5.73. The second kappa shape index (κ2) is 4.88. The molecule has 84 valence electrons. The zero-order chi connectivity index (χ0) is 11.4. The summed E-state index contributed by atoms with van der Waals surface area (Å²) in [4.78, 5) is 16.7. The Morgan fingerprint density at radius 1 is 1.73 bits per heavy atom. The first-order valence-corrected chi connectivity index (χ1v) is 4.82. The van der Waals surface area contributed by atoms with Gasteiger partial charge in [0.1, 0.15) is 18.2 Å². The number of aromatic nitrogens is 3. The first-order valence-electron chi connectivity index (χ1n) is 4.82. The molecular formula is C9H16N4O2. The Morgan fingerprint density at radius 2 is 2.40 bits per heavy atom. The lowest BCUT2D eigenvalue weighted by molar-refractivity contribution is -0.143. The molecule has 0 bridgehead atoms. The lowest BCUT2D eigenvalue weighted by atomic mass is 10.2. The van der Waals surface area contributed by atoms with Crippen molar-refractivity contribution in [3.8, 4) is 0 Å². The number of hydrogen-bond donors (Lipinski definition) is 1. The summed E-state index contributed by atoms with van der Waals surface area (Å²) in [5.41, 5.74) is 0. The summed E-state index contributed by atoms with van der Waals surface area (Å²) in [7, 11) is 3.56. The zero-order valence-corrected chi connectivity index (χ0v) is 9.21. The van der Waals surface area contributed by atoms with E-state index in [1.54, 1.807) is 23.7 Å². The molecule has 0 saturated carbocycles. The highest BCUT2D eigenvalue weighted by Crippen LogP contribution is 2.06. The monoisotopic (exact) mass is 212 g/mol. The molecule has 15 heavy (non-hydrogen) atoms. The van der Waals surface area contributed by atoms with Crippen LogP contribution >= 0.6 is 0 Å². The van der Waals surface area contributed by atoms with Gasteiger partial charge in [-0.15, -0.1) is 0 Å². The number of aliphatic carboxylic acids is 1. The van der Waals surface area contributed by atoms with Gasteiger partial charge in [-0.25, -0.2) is 4.98 Å². The van der Waals surface area contributed by atoms with Crippen molar-refractivity contribution in [2.45, 2.75) is 25.9 Å². The number of carbonyl (C=O) groups is 1. The van der Waals surface area contributed by atoms with Crippen LogP contribution < -0.4 is 0 Å². The summed E-state index contributed by atoms with van der Waals surface area (Å²) in [5.74, 6) is -0.0423. The topological polar surface area (TPSA) is 71.2 Å². The largest absolute Gasteiger partial charge is 0.480 e. The number of nitrogens with zero attached hydrogens (tertiary/aromatic N) is 4. The van der Waals surface area contributed by atoms with E-state index in [-0.39, 0.29) is 0 Å². The third-order valence-corrected chi connectivity index (χ3v) is 2.40. The highest BCUT2D eigenvalue weighted by Gasteiger charge is 2.21. The molecule has 1 unspecified atom stereocenters. The maximum absolute atomic E-state index is 10.9. The van der Waals surface area contributed by atoms with Gasteiger partial charge >= 0.3 is 5.97 Å². The fourth-order valence-electron chi connectivity index (χ4n) is 1.47. The van der Waals surface area contributed by atoms with Crippen LogP contribution in [-0.4, -0.2) is 43.8 Å². The first-order chi connectivity index (χ1) is 7.06. The maximum atomic E-state index is 10.9. The summed E-state index contributed by atoms with van der Waals surface area (Å²) in [6.45, 7) is 2.34. The Morgan fingerprint density at radius 3 is 2.80 bits per heavy atom. The van der Waals surface area contributed by atoms with Gasteiger partial charge in [-0.1, -0.05) is 6.92 Å². The Bertz CT molecular complexity index is 337. The van der Waals surface area contributed by atoms with E-state index in [9.17, 15) is 4.79 Å². The molecule has 6 nitrogen and oxygen atoms in total. The van der Waals surface area contributed by atoms with Crippen molar-refractivity contribution in [1.82, 2.24) is 19.7 Å². The standard InChI is InChI=1S/C9H16N4O2/c1-4-7(9(14)15)12(2)5-8-10-6-11-13(8)3/h6-7H,4-5H2,1-3H3,(H,14,15). The number of rotatable bonds is 5. The van der Waals surface area contributed by atoms with Crippen molar-refractivity contribution in [2.75, 3.05) is 7.05 Å². The van der Waals surface area contributed by atoms with E-state index in [0.717, 1.165) is 5.82 Å². The molecule has 0 fully saturated rings. The van der Waals surface area contributed by atoms with Gasteiger partial charge in [0.25, 0.3) is 0 Å². The highest BCUT2D eigenvalue weighted by atomic mass is 16.4. The quantitative estimate of drug-likeness (QED) is 0.750. The van der Waals surface area contributed by atoms with Gasteiger partial charge in [-0.2, -0.15) is 5.10 Å². The number of hydrogen-bond acceptors (Lipinski definition) is 4. The van der Waals surface area contributed by atoms with Crippen LogP contribution in [0.2, 0.25) is 0 Å². The van der Waals surface area contributed by atoms with Crippen LogP contribution in [0.15, 0.2) is 6.33 Å². The van der Waals surface area contributed by atoms with Gasteiger partial charge in [0.05, 0.1) is 6.54 Å². The van der Waals surface area contributed by atoms with E-state index >= 15 is 0 Å². The van der Waals surface area contributed by atoms with Gasteiger partial charge in [-0.05, 0) is 13.5 Å². The molecule has 0 saturated heterocycles. The van der Waals surface area contributed by atoms with Crippen molar-refractivity contribution >= 4 is 5.97 Å². The van der Waals surface area contributed by atoms with E-state index in [1.165, 1.54) is 6.33 Å². The second-order valence-corrected chi connectivity index (χ2v) is 3.48. The summed E-state index contributed by atoms with van der Waals surface area (Å²) in [6, 6.07) is -0.471. The minimum Gasteiger partial charge on any atom is -0.480 e. The molecule has 1 aromatic heterocycles. The van der Waals surface area contributed by atoms with Gasteiger partial charge in [0.2, 0.25) is 0 Å². The molecule has 1 N–H and O–H groups in total. The van der Waals surface area contributed by atoms with Crippen LogP contribution in [0.4, 0.5) is 0 Å². The fourth-order valence-corrected chi connectivity index (χ4v) is 1.47. The van der Waals surface area contributed by atoms with Gasteiger partial charge < -0.3 is 5.11 Å². The molecule has 1 atom stereocenters. The molecule has 0 spiro atoms. The molecule has 0 aliphatic carbocycles. The van der Waals surface area contributed by atoms with Crippen molar-refractivity contribution < 1.29 is 9.90 Å². The minimum absolute atomic E-state index is 0.471. The molecule has 6 heteroatoms. The molecule has 1 heterocycles. The van der Waals surface area contributed by atoms with E-state index < -0.39 is 12.0 Å². The number of likely N-dealkylation sites (N-methyl/N-ethyl adjacent to an activating group) is 1. The van der Waals surface area contributed by atoms with E-state index in [2.05, 4.69) is 10.1 Å². The first kappa shape index (κ1) is 11.6. The molecule has 1 aromatic rings. The minimum atomic E-state index is -0.804. The summed E-state index contributed by atoms with van der Waals surface area (Å²) in [5, 5.41) is 12.9. The molecular weight excluding hydrogens is 196 g/mol. The van der Waals surface area contributed by atoms with Crippen LogP contribution in [0.25, 0.3) is 0 Å². The van der Waals surface area contributed by atoms with Gasteiger partial charge in [0.15, 0.2) is 0 Å². The molecule has 0 aliphatic heterocycles. The Labute approximate surface area is 88.5 Å². The normalized spacial score (nSPS) is 13.1. The lowest BCUT2D eigenvalue weighted by Crippen LogP contribution is -2.38. The van der Waals surface area contributed by atoms with E-state index in [1.807, 2.05) is 6.92 Å². The third kappa shape index (κ3) is 2.76. The van der Waals surface area contributed by atoms with Crippen molar-refractivity contribution in [2.24, 2.45) is 7.05 Å². The molecule has 0 amide bonds.